The molecular weight excluding hydrogens is 372 g/mol. The maximum absolute atomic E-state index is 12.7. The first-order chi connectivity index (χ1) is 10.4. The van der Waals surface area contributed by atoms with Crippen molar-refractivity contribution >= 4 is 26.0 Å². The lowest BCUT2D eigenvalue weighted by Gasteiger charge is -2.20. The number of sulfonamides is 1. The van der Waals surface area contributed by atoms with E-state index in [1.165, 1.54) is 20.3 Å². The lowest BCUT2D eigenvalue weighted by atomic mass is 10.1. The van der Waals surface area contributed by atoms with Crippen molar-refractivity contribution in [2.75, 3.05) is 20.8 Å². The zero-order valence-electron chi connectivity index (χ0n) is 12.6. The summed E-state index contributed by atoms with van der Waals surface area (Å²) >= 11 is 3.29. The smallest absolute Gasteiger partial charge is 0.242 e. The van der Waals surface area contributed by atoms with Gasteiger partial charge in [-0.15, -0.1) is 0 Å². The summed E-state index contributed by atoms with van der Waals surface area (Å²) in [5, 5.41) is 0. The quantitative estimate of drug-likeness (QED) is 0.770. The molecule has 6 nitrogen and oxygen atoms in total. The summed E-state index contributed by atoms with van der Waals surface area (Å²) in [5.74, 6) is 1.02. The van der Waals surface area contributed by atoms with Crippen molar-refractivity contribution in [2.24, 2.45) is 11.7 Å². The van der Waals surface area contributed by atoms with Gasteiger partial charge in [-0.1, -0.05) is 6.42 Å². The van der Waals surface area contributed by atoms with E-state index < -0.39 is 10.0 Å². The molecule has 1 aliphatic carbocycles. The highest BCUT2D eigenvalue weighted by Crippen LogP contribution is 2.36. The fourth-order valence-electron chi connectivity index (χ4n) is 2.78. The van der Waals surface area contributed by atoms with Gasteiger partial charge in [-0.3, -0.25) is 0 Å². The predicted octanol–water partition coefficient (Wildman–Crippen LogP) is 1.87. The topological polar surface area (TPSA) is 90.7 Å². The van der Waals surface area contributed by atoms with E-state index in [4.69, 9.17) is 15.2 Å². The van der Waals surface area contributed by atoms with Crippen molar-refractivity contribution in [3.8, 4) is 11.5 Å². The molecule has 0 saturated heterocycles. The molecule has 22 heavy (non-hydrogen) atoms. The molecule has 0 bridgehead atoms. The Morgan fingerprint density at radius 2 is 1.91 bits per heavy atom. The number of halogens is 1. The molecule has 2 rings (SSSR count). The standard InChI is InChI=1S/C14H21BrN2O4S/c1-20-12-6-10(15)14(7-13(12)21-2)22(18,19)17-11-5-3-4-9(11)8-16/h6-7,9,11,17H,3-5,8,16H2,1-2H3/t9-,11+/m0/s1. The molecule has 1 aliphatic rings. The van der Waals surface area contributed by atoms with Gasteiger partial charge < -0.3 is 15.2 Å². The Labute approximate surface area is 139 Å². The summed E-state index contributed by atoms with van der Waals surface area (Å²) in [5.41, 5.74) is 5.71. The third-order valence-corrected chi connectivity index (χ3v) is 6.44. The SMILES string of the molecule is COc1cc(Br)c(S(=O)(=O)N[C@@H]2CCC[C@H]2CN)cc1OC. The molecule has 0 spiro atoms. The van der Waals surface area contributed by atoms with Gasteiger partial charge in [0.05, 0.1) is 14.2 Å². The van der Waals surface area contributed by atoms with Gasteiger partial charge >= 0.3 is 0 Å². The lowest BCUT2D eigenvalue weighted by Crippen LogP contribution is -2.39. The van der Waals surface area contributed by atoms with Crippen molar-refractivity contribution < 1.29 is 17.9 Å². The maximum Gasteiger partial charge on any atom is 0.242 e. The average molecular weight is 393 g/mol. The first kappa shape index (κ1) is 17.5. The highest BCUT2D eigenvalue weighted by molar-refractivity contribution is 9.10. The van der Waals surface area contributed by atoms with Gasteiger partial charge in [0.1, 0.15) is 4.90 Å². The van der Waals surface area contributed by atoms with Gasteiger partial charge in [-0.2, -0.15) is 0 Å². The summed E-state index contributed by atoms with van der Waals surface area (Å²) in [6, 6.07) is 2.93. The van der Waals surface area contributed by atoms with E-state index in [9.17, 15) is 8.42 Å². The number of methoxy groups -OCH3 is 2. The van der Waals surface area contributed by atoms with E-state index in [2.05, 4.69) is 20.7 Å². The Kier molecular flexibility index (Phi) is 5.70. The molecule has 0 radical (unpaired) electrons. The molecule has 0 amide bonds. The third kappa shape index (κ3) is 3.56. The van der Waals surface area contributed by atoms with E-state index in [0.717, 1.165) is 19.3 Å². The predicted molar refractivity (Wildman–Crippen MR) is 87.8 cm³/mol. The van der Waals surface area contributed by atoms with E-state index in [-0.39, 0.29) is 16.9 Å². The summed E-state index contributed by atoms with van der Waals surface area (Å²) < 4.78 is 38.9. The van der Waals surface area contributed by atoms with Crippen LogP contribution in [-0.4, -0.2) is 35.2 Å². The van der Waals surface area contributed by atoms with Crippen LogP contribution in [0.1, 0.15) is 19.3 Å². The first-order valence-corrected chi connectivity index (χ1v) is 9.34. The van der Waals surface area contributed by atoms with Crippen LogP contribution in [-0.2, 0) is 10.0 Å². The van der Waals surface area contributed by atoms with Crippen LogP contribution in [0.4, 0.5) is 0 Å². The normalized spacial score (nSPS) is 21.8. The number of ether oxygens (including phenoxy) is 2. The molecule has 1 fully saturated rings. The van der Waals surface area contributed by atoms with Crippen molar-refractivity contribution in [1.29, 1.82) is 0 Å². The van der Waals surface area contributed by atoms with Gasteiger partial charge in [0.15, 0.2) is 11.5 Å². The zero-order chi connectivity index (χ0) is 16.3. The minimum Gasteiger partial charge on any atom is -0.493 e. The zero-order valence-corrected chi connectivity index (χ0v) is 15.0. The van der Waals surface area contributed by atoms with E-state index in [1.807, 2.05) is 0 Å². The summed E-state index contributed by atoms with van der Waals surface area (Å²) in [4.78, 5) is 0.132. The number of hydrogen-bond donors (Lipinski definition) is 2. The fraction of sp³-hybridized carbons (Fsp3) is 0.571. The second kappa shape index (κ2) is 7.16. The minimum atomic E-state index is -3.66. The summed E-state index contributed by atoms with van der Waals surface area (Å²) in [6.45, 7) is 0.486. The second-order valence-corrected chi connectivity index (χ2v) is 7.83. The van der Waals surface area contributed by atoms with Crippen molar-refractivity contribution in [3.05, 3.63) is 16.6 Å². The number of nitrogens with one attached hydrogen (secondary N) is 1. The Morgan fingerprint density at radius 3 is 2.50 bits per heavy atom. The van der Waals surface area contributed by atoms with E-state index >= 15 is 0 Å². The first-order valence-electron chi connectivity index (χ1n) is 7.07. The molecule has 8 heteroatoms. The number of rotatable bonds is 6. The van der Waals surface area contributed by atoms with Crippen molar-refractivity contribution in [3.63, 3.8) is 0 Å². The molecule has 1 aromatic rings. The number of hydrogen-bond acceptors (Lipinski definition) is 5. The van der Waals surface area contributed by atoms with Crippen molar-refractivity contribution in [1.82, 2.24) is 4.72 Å². The van der Waals surface area contributed by atoms with Crippen LogP contribution < -0.4 is 19.9 Å². The molecule has 1 aromatic carbocycles. The summed E-state index contributed by atoms with van der Waals surface area (Å²) in [7, 11) is -0.693. The van der Waals surface area contributed by atoms with Crippen LogP contribution in [0.2, 0.25) is 0 Å². The Hall–Kier alpha value is -0.830. The molecule has 2 atom stereocenters. The molecule has 0 heterocycles. The Bertz CT molecular complexity index is 636. The highest BCUT2D eigenvalue weighted by atomic mass is 79.9. The third-order valence-electron chi connectivity index (χ3n) is 4.00. The molecular formula is C14H21BrN2O4S. The molecule has 124 valence electrons. The Balaban J connectivity index is 2.33. The Morgan fingerprint density at radius 1 is 1.27 bits per heavy atom. The van der Waals surface area contributed by atoms with Crippen LogP contribution in [0, 0.1) is 5.92 Å². The number of nitrogens with two attached hydrogens (primary N) is 1. The monoisotopic (exact) mass is 392 g/mol. The van der Waals surface area contributed by atoms with Crippen LogP contribution in [0.25, 0.3) is 0 Å². The van der Waals surface area contributed by atoms with Gasteiger partial charge in [-0.25, -0.2) is 13.1 Å². The van der Waals surface area contributed by atoms with E-state index in [1.54, 1.807) is 6.07 Å². The maximum atomic E-state index is 12.7. The van der Waals surface area contributed by atoms with Crippen molar-refractivity contribution in [2.45, 2.75) is 30.2 Å². The van der Waals surface area contributed by atoms with Gasteiger partial charge in [-0.05, 0) is 47.3 Å². The van der Waals surface area contributed by atoms with Crippen LogP contribution in [0.15, 0.2) is 21.5 Å². The van der Waals surface area contributed by atoms with Gasteiger partial charge in [0.2, 0.25) is 10.0 Å². The molecule has 3 N–H and O–H groups in total. The fourth-order valence-corrected chi connectivity index (χ4v) is 5.15. The highest BCUT2D eigenvalue weighted by Gasteiger charge is 2.31. The lowest BCUT2D eigenvalue weighted by molar-refractivity contribution is 0.353. The van der Waals surface area contributed by atoms with Gasteiger partial charge in [0.25, 0.3) is 0 Å². The van der Waals surface area contributed by atoms with Crippen LogP contribution in [0.3, 0.4) is 0 Å². The molecule has 0 aliphatic heterocycles. The van der Waals surface area contributed by atoms with Crippen LogP contribution >= 0.6 is 15.9 Å². The average Bonchev–Trinajstić information content (AvgIpc) is 2.92. The largest absolute Gasteiger partial charge is 0.493 e. The molecule has 1 saturated carbocycles. The number of benzene rings is 1. The van der Waals surface area contributed by atoms with E-state index in [0.29, 0.717) is 22.5 Å². The molecule has 0 aromatic heterocycles. The minimum absolute atomic E-state index is 0.116. The van der Waals surface area contributed by atoms with Gasteiger partial charge in [0, 0.05) is 16.6 Å². The summed E-state index contributed by atoms with van der Waals surface area (Å²) in [6.07, 6.45) is 2.75. The van der Waals surface area contributed by atoms with Crippen LogP contribution in [0.5, 0.6) is 11.5 Å². The molecule has 0 unspecified atom stereocenters. The second-order valence-electron chi connectivity index (χ2n) is 5.29.